The lowest BCUT2D eigenvalue weighted by Gasteiger charge is -2.10. The second-order valence-corrected chi connectivity index (χ2v) is 5.97. The minimum Gasteiger partial charge on any atom is -0.385 e. The maximum atomic E-state index is 13.5. The highest BCUT2D eigenvalue weighted by Gasteiger charge is 2.16. The van der Waals surface area contributed by atoms with Crippen molar-refractivity contribution in [2.24, 2.45) is 0 Å². The number of hydrogen-bond donors (Lipinski definition) is 2. The molecule has 2 N–H and O–H groups in total. The van der Waals surface area contributed by atoms with Gasteiger partial charge < -0.3 is 5.32 Å². The summed E-state index contributed by atoms with van der Waals surface area (Å²) in [4.78, 5) is -0.0344. The van der Waals surface area contributed by atoms with E-state index in [9.17, 15) is 17.2 Å². The van der Waals surface area contributed by atoms with Crippen LogP contribution < -0.4 is 10.0 Å². The monoisotopic (exact) mass is 312 g/mol. The molecule has 0 aromatic heterocycles. The van der Waals surface area contributed by atoms with Gasteiger partial charge in [-0.3, -0.25) is 4.72 Å². The van der Waals surface area contributed by atoms with Crippen LogP contribution in [0.5, 0.6) is 0 Å². The molecule has 4 nitrogen and oxygen atoms in total. The van der Waals surface area contributed by atoms with E-state index in [0.29, 0.717) is 6.54 Å². The van der Waals surface area contributed by atoms with Crippen molar-refractivity contribution >= 4 is 21.4 Å². The molecule has 7 heteroatoms. The Morgan fingerprint density at radius 1 is 1.05 bits per heavy atom. The average molecular weight is 312 g/mol. The highest BCUT2D eigenvalue weighted by molar-refractivity contribution is 7.92. The number of benzene rings is 2. The summed E-state index contributed by atoms with van der Waals surface area (Å²) in [6.07, 6.45) is 0. The topological polar surface area (TPSA) is 58.2 Å². The summed E-state index contributed by atoms with van der Waals surface area (Å²) < 4.78 is 52.8. The molecule has 0 unspecified atom stereocenters. The van der Waals surface area contributed by atoms with Gasteiger partial charge >= 0.3 is 0 Å². The highest BCUT2D eigenvalue weighted by atomic mass is 32.2. The summed E-state index contributed by atoms with van der Waals surface area (Å²) in [6.45, 7) is 2.62. The van der Waals surface area contributed by atoms with Crippen molar-refractivity contribution in [1.82, 2.24) is 0 Å². The number of nitrogens with one attached hydrogen (secondary N) is 2. The van der Waals surface area contributed by atoms with E-state index in [1.165, 1.54) is 12.1 Å². The third-order valence-electron chi connectivity index (χ3n) is 2.72. The first-order valence-electron chi connectivity index (χ1n) is 6.24. The van der Waals surface area contributed by atoms with Gasteiger partial charge in [-0.05, 0) is 43.3 Å². The van der Waals surface area contributed by atoms with Gasteiger partial charge in [-0.25, -0.2) is 17.2 Å². The Morgan fingerprint density at radius 2 is 1.71 bits per heavy atom. The zero-order chi connectivity index (χ0) is 15.5. The zero-order valence-electron chi connectivity index (χ0n) is 11.2. The van der Waals surface area contributed by atoms with Crippen molar-refractivity contribution in [3.63, 3.8) is 0 Å². The van der Waals surface area contributed by atoms with Crippen LogP contribution in [0, 0.1) is 11.6 Å². The zero-order valence-corrected chi connectivity index (χ0v) is 12.0. The first-order chi connectivity index (χ1) is 9.92. The molecule has 0 spiro atoms. The van der Waals surface area contributed by atoms with Crippen molar-refractivity contribution in [3.05, 3.63) is 54.1 Å². The molecule has 0 amide bonds. The van der Waals surface area contributed by atoms with E-state index in [2.05, 4.69) is 5.32 Å². The minimum atomic E-state index is -3.97. The molecular weight excluding hydrogens is 298 g/mol. The molecule has 2 aromatic carbocycles. The van der Waals surface area contributed by atoms with Gasteiger partial charge in [0.1, 0.15) is 11.6 Å². The van der Waals surface area contributed by atoms with E-state index in [0.717, 1.165) is 23.9 Å². The number of anilines is 2. The molecule has 2 rings (SSSR count). The molecule has 0 fully saturated rings. The number of halogens is 2. The molecule has 21 heavy (non-hydrogen) atoms. The average Bonchev–Trinajstić information content (AvgIpc) is 2.44. The molecule has 0 radical (unpaired) electrons. The minimum absolute atomic E-state index is 0.0344. The fourth-order valence-corrected chi connectivity index (χ4v) is 2.79. The second-order valence-electron chi connectivity index (χ2n) is 4.28. The van der Waals surface area contributed by atoms with Crippen molar-refractivity contribution in [2.45, 2.75) is 11.8 Å². The molecule has 112 valence electrons. The Kier molecular flexibility index (Phi) is 4.42. The van der Waals surface area contributed by atoms with Crippen LogP contribution in [-0.4, -0.2) is 15.0 Å². The fraction of sp³-hybridized carbons (Fsp3) is 0.143. The maximum Gasteiger partial charge on any atom is 0.261 e. The molecule has 0 aliphatic heterocycles. The largest absolute Gasteiger partial charge is 0.385 e. The summed E-state index contributed by atoms with van der Waals surface area (Å²) in [7, 11) is -3.97. The Bertz CT molecular complexity index is 731. The van der Waals surface area contributed by atoms with E-state index < -0.39 is 27.3 Å². The van der Waals surface area contributed by atoms with Gasteiger partial charge in [-0.15, -0.1) is 0 Å². The van der Waals surface area contributed by atoms with Gasteiger partial charge in [0.15, 0.2) is 0 Å². The molecule has 0 saturated heterocycles. The normalized spacial score (nSPS) is 11.2. The number of rotatable bonds is 5. The van der Waals surface area contributed by atoms with Crippen LogP contribution >= 0.6 is 0 Å². The maximum absolute atomic E-state index is 13.5. The van der Waals surface area contributed by atoms with E-state index in [4.69, 9.17) is 0 Å². The molecule has 0 aliphatic rings. The second kappa shape index (κ2) is 6.09. The van der Waals surface area contributed by atoms with E-state index in [1.54, 1.807) is 12.1 Å². The quantitative estimate of drug-likeness (QED) is 0.891. The highest BCUT2D eigenvalue weighted by Crippen LogP contribution is 2.21. The summed E-state index contributed by atoms with van der Waals surface area (Å²) in [5.41, 5.74) is 0.346. The summed E-state index contributed by atoms with van der Waals surface area (Å²) >= 11 is 0. The van der Waals surface area contributed by atoms with Gasteiger partial charge in [-0.2, -0.15) is 0 Å². The van der Waals surface area contributed by atoms with E-state index >= 15 is 0 Å². The molecule has 0 atom stereocenters. The third kappa shape index (κ3) is 3.69. The van der Waals surface area contributed by atoms with Crippen LogP contribution in [-0.2, 0) is 10.0 Å². The number of sulfonamides is 1. The number of hydrogen-bond acceptors (Lipinski definition) is 3. The van der Waals surface area contributed by atoms with Crippen molar-refractivity contribution in [2.75, 3.05) is 16.6 Å². The molecule has 2 aromatic rings. The lowest BCUT2D eigenvalue weighted by atomic mass is 10.3. The molecule has 0 heterocycles. The Morgan fingerprint density at radius 3 is 2.33 bits per heavy atom. The Labute approximate surface area is 121 Å². The van der Waals surface area contributed by atoms with Gasteiger partial charge in [0.2, 0.25) is 0 Å². The van der Waals surface area contributed by atoms with Crippen LogP contribution in [0.4, 0.5) is 20.2 Å². The van der Waals surface area contributed by atoms with Crippen molar-refractivity contribution in [1.29, 1.82) is 0 Å². The predicted molar refractivity (Wildman–Crippen MR) is 77.8 cm³/mol. The third-order valence-corrected chi connectivity index (χ3v) is 4.10. The predicted octanol–water partition coefficient (Wildman–Crippen LogP) is 3.20. The fourth-order valence-electron chi connectivity index (χ4n) is 1.74. The van der Waals surface area contributed by atoms with Crippen LogP contribution in [0.2, 0.25) is 0 Å². The van der Waals surface area contributed by atoms with Crippen LogP contribution in [0.15, 0.2) is 47.4 Å². The molecule has 0 bridgehead atoms. The van der Waals surface area contributed by atoms with Crippen molar-refractivity contribution in [3.8, 4) is 0 Å². The van der Waals surface area contributed by atoms with Crippen molar-refractivity contribution < 1.29 is 17.2 Å². The van der Waals surface area contributed by atoms with E-state index in [1.807, 2.05) is 11.6 Å². The smallest absolute Gasteiger partial charge is 0.261 e. The van der Waals surface area contributed by atoms with E-state index in [-0.39, 0.29) is 4.90 Å². The molecule has 0 saturated carbocycles. The lowest BCUT2D eigenvalue weighted by Crippen LogP contribution is -2.14. The van der Waals surface area contributed by atoms with Crippen LogP contribution in [0.3, 0.4) is 0 Å². The summed E-state index contributed by atoms with van der Waals surface area (Å²) in [5, 5.41) is 3.03. The molecule has 0 aliphatic carbocycles. The first kappa shape index (κ1) is 15.2. The standard InChI is InChI=1S/C14H14F2N2O2S/c1-2-17-11-4-6-12(7-5-11)21(19,20)18-14-9-10(15)3-8-13(14)16/h3-9,17-18H,2H2,1H3. The lowest BCUT2D eigenvalue weighted by molar-refractivity contribution is 0.594. The van der Waals surface area contributed by atoms with Gasteiger partial charge in [0, 0.05) is 18.3 Å². The molecular formula is C14H14F2N2O2S. The SMILES string of the molecule is CCNc1ccc(S(=O)(=O)Nc2cc(F)ccc2F)cc1. The Balaban J connectivity index is 2.27. The summed E-state index contributed by atoms with van der Waals surface area (Å²) in [6, 6.07) is 8.54. The summed E-state index contributed by atoms with van der Waals surface area (Å²) in [5.74, 6) is -1.57. The van der Waals surface area contributed by atoms with Gasteiger partial charge in [0.25, 0.3) is 10.0 Å². The van der Waals surface area contributed by atoms with Gasteiger partial charge in [-0.1, -0.05) is 0 Å². The van der Waals surface area contributed by atoms with Crippen LogP contribution in [0.1, 0.15) is 6.92 Å². The Hall–Kier alpha value is -2.15. The van der Waals surface area contributed by atoms with Gasteiger partial charge in [0.05, 0.1) is 10.6 Å². The first-order valence-corrected chi connectivity index (χ1v) is 7.72. The van der Waals surface area contributed by atoms with Crippen LogP contribution in [0.25, 0.3) is 0 Å².